The van der Waals surface area contributed by atoms with Crippen LogP contribution in [0.3, 0.4) is 0 Å². The summed E-state index contributed by atoms with van der Waals surface area (Å²) in [5.41, 5.74) is 8.88. The SMILES string of the molecule is c1ccc(-c2nc(-c3cccc4c(-c5cccc6oc7ccccc7c56)cccc34)nc(-c3cccc4oc5cccnc5c34)n2)cc1. The summed E-state index contributed by atoms with van der Waals surface area (Å²) >= 11 is 0. The van der Waals surface area contributed by atoms with E-state index in [0.29, 0.717) is 17.5 Å². The van der Waals surface area contributed by atoms with Crippen molar-refractivity contribution in [2.75, 3.05) is 0 Å². The minimum atomic E-state index is 0.556. The Labute approximate surface area is 274 Å². The van der Waals surface area contributed by atoms with Crippen LogP contribution in [0.2, 0.25) is 0 Å². The molecule has 0 N–H and O–H groups in total. The van der Waals surface area contributed by atoms with Gasteiger partial charge in [-0.3, -0.25) is 4.98 Å². The highest BCUT2D eigenvalue weighted by Gasteiger charge is 2.20. The van der Waals surface area contributed by atoms with Crippen LogP contribution in [0, 0.1) is 0 Å². The van der Waals surface area contributed by atoms with Crippen LogP contribution in [0.1, 0.15) is 0 Å². The summed E-state index contributed by atoms with van der Waals surface area (Å²) in [6.45, 7) is 0. The lowest BCUT2D eigenvalue weighted by Crippen LogP contribution is -2.01. The summed E-state index contributed by atoms with van der Waals surface area (Å²) in [5.74, 6) is 1.74. The van der Waals surface area contributed by atoms with Crippen LogP contribution in [-0.2, 0) is 0 Å². The molecule has 0 aliphatic heterocycles. The van der Waals surface area contributed by atoms with Gasteiger partial charge in [-0.05, 0) is 52.2 Å². The van der Waals surface area contributed by atoms with Crippen LogP contribution in [0.25, 0.3) is 100 Å². The van der Waals surface area contributed by atoms with Crippen molar-refractivity contribution in [3.8, 4) is 45.3 Å². The van der Waals surface area contributed by atoms with Gasteiger partial charge in [0.1, 0.15) is 22.3 Å². The minimum absolute atomic E-state index is 0.556. The average molecular weight is 617 g/mol. The molecule has 0 unspecified atom stereocenters. The van der Waals surface area contributed by atoms with E-state index in [4.69, 9.17) is 23.8 Å². The fourth-order valence-corrected chi connectivity index (χ4v) is 6.90. The highest BCUT2D eigenvalue weighted by molar-refractivity contribution is 6.16. The van der Waals surface area contributed by atoms with Crippen LogP contribution in [0.5, 0.6) is 0 Å². The van der Waals surface area contributed by atoms with Crippen molar-refractivity contribution in [1.29, 1.82) is 0 Å². The summed E-state index contributed by atoms with van der Waals surface area (Å²) in [5, 5.41) is 5.23. The van der Waals surface area contributed by atoms with Gasteiger partial charge < -0.3 is 8.83 Å². The Hall–Kier alpha value is -6.66. The smallest absolute Gasteiger partial charge is 0.164 e. The number of para-hydroxylation sites is 1. The van der Waals surface area contributed by atoms with Gasteiger partial charge in [-0.1, -0.05) is 109 Å². The molecular formula is C42H24N4O2. The van der Waals surface area contributed by atoms with E-state index in [9.17, 15) is 0 Å². The van der Waals surface area contributed by atoms with Gasteiger partial charge in [-0.25, -0.2) is 15.0 Å². The second-order valence-corrected chi connectivity index (χ2v) is 11.8. The largest absolute Gasteiger partial charge is 0.456 e. The van der Waals surface area contributed by atoms with E-state index in [1.165, 1.54) is 0 Å². The van der Waals surface area contributed by atoms with Crippen LogP contribution in [0.15, 0.2) is 155 Å². The molecule has 0 atom stereocenters. The van der Waals surface area contributed by atoms with Gasteiger partial charge in [0.15, 0.2) is 23.1 Å². The van der Waals surface area contributed by atoms with Gasteiger partial charge in [0, 0.05) is 33.7 Å². The van der Waals surface area contributed by atoms with Crippen molar-refractivity contribution in [3.05, 3.63) is 146 Å². The molecular weight excluding hydrogens is 592 g/mol. The zero-order valence-corrected chi connectivity index (χ0v) is 25.5. The van der Waals surface area contributed by atoms with Crippen molar-refractivity contribution in [1.82, 2.24) is 19.9 Å². The molecule has 0 amide bonds. The fourth-order valence-electron chi connectivity index (χ4n) is 6.90. The molecule has 48 heavy (non-hydrogen) atoms. The maximum Gasteiger partial charge on any atom is 0.164 e. The molecule has 0 saturated heterocycles. The third-order valence-electron chi connectivity index (χ3n) is 9.02. The first kappa shape index (κ1) is 26.5. The molecule has 0 fully saturated rings. The fraction of sp³-hybridized carbons (Fsp3) is 0. The van der Waals surface area contributed by atoms with Crippen LogP contribution in [0.4, 0.5) is 0 Å². The quantitative estimate of drug-likeness (QED) is 0.196. The zero-order chi connectivity index (χ0) is 31.6. The molecule has 0 aliphatic carbocycles. The lowest BCUT2D eigenvalue weighted by molar-refractivity contribution is 0.668. The molecule has 10 rings (SSSR count). The molecule has 224 valence electrons. The predicted molar refractivity (Wildman–Crippen MR) is 191 cm³/mol. The first-order valence-corrected chi connectivity index (χ1v) is 15.8. The Balaban J connectivity index is 1.23. The van der Waals surface area contributed by atoms with E-state index in [0.717, 1.165) is 82.6 Å². The number of rotatable bonds is 4. The molecule has 0 aliphatic rings. The molecule has 4 aromatic heterocycles. The first-order chi connectivity index (χ1) is 23.8. The standard InChI is InChI=1S/C42H24N4O2/c1-2-11-25(12-3-1)40-44-41(46-42(45-40)32-19-9-22-35-38(32)39-36(48-35)23-10-24-43-39)30-18-7-14-26-27(15-6-16-28(26)30)29-17-8-21-34-37(29)31-13-4-5-20-33(31)47-34/h1-24H. The summed E-state index contributed by atoms with van der Waals surface area (Å²) in [6, 6.07) is 47.0. The van der Waals surface area contributed by atoms with E-state index in [-0.39, 0.29) is 0 Å². The maximum absolute atomic E-state index is 6.24. The number of hydrogen-bond acceptors (Lipinski definition) is 6. The predicted octanol–water partition coefficient (Wildman–Crippen LogP) is 10.9. The summed E-state index contributed by atoms with van der Waals surface area (Å²) < 4.78 is 12.4. The van der Waals surface area contributed by atoms with Crippen molar-refractivity contribution in [3.63, 3.8) is 0 Å². The molecule has 10 aromatic rings. The van der Waals surface area contributed by atoms with E-state index in [1.807, 2.05) is 78.9 Å². The molecule has 6 aromatic carbocycles. The molecule has 0 radical (unpaired) electrons. The molecule has 0 bridgehead atoms. The first-order valence-electron chi connectivity index (χ1n) is 15.8. The average Bonchev–Trinajstić information content (AvgIpc) is 3.73. The van der Waals surface area contributed by atoms with Gasteiger partial charge in [0.05, 0.1) is 5.39 Å². The Kier molecular flexibility index (Phi) is 5.77. The Morgan fingerprint density at radius 2 is 0.917 bits per heavy atom. The third-order valence-corrected chi connectivity index (χ3v) is 9.02. The third kappa shape index (κ3) is 4.06. The lowest BCUT2D eigenvalue weighted by atomic mass is 9.93. The second kappa shape index (κ2) is 10.4. The van der Waals surface area contributed by atoms with Crippen LogP contribution in [-0.4, -0.2) is 19.9 Å². The van der Waals surface area contributed by atoms with Gasteiger partial charge >= 0.3 is 0 Å². The summed E-state index contributed by atoms with van der Waals surface area (Å²) in [4.78, 5) is 20.0. The zero-order valence-electron chi connectivity index (χ0n) is 25.5. The minimum Gasteiger partial charge on any atom is -0.456 e. The topological polar surface area (TPSA) is 77.8 Å². The summed E-state index contributed by atoms with van der Waals surface area (Å²) in [6.07, 6.45) is 1.78. The van der Waals surface area contributed by atoms with Gasteiger partial charge in [0.25, 0.3) is 0 Å². The van der Waals surface area contributed by atoms with Crippen molar-refractivity contribution in [2.45, 2.75) is 0 Å². The summed E-state index contributed by atoms with van der Waals surface area (Å²) in [7, 11) is 0. The number of pyridine rings is 1. The number of furan rings is 2. The highest BCUT2D eigenvalue weighted by Crippen LogP contribution is 2.41. The van der Waals surface area contributed by atoms with Gasteiger partial charge in [-0.2, -0.15) is 0 Å². The molecule has 6 nitrogen and oxygen atoms in total. The van der Waals surface area contributed by atoms with Crippen molar-refractivity contribution in [2.24, 2.45) is 0 Å². The van der Waals surface area contributed by atoms with Crippen LogP contribution < -0.4 is 0 Å². The van der Waals surface area contributed by atoms with Crippen molar-refractivity contribution < 1.29 is 8.83 Å². The number of aromatic nitrogens is 4. The Morgan fingerprint density at radius 1 is 0.354 bits per heavy atom. The molecule has 4 heterocycles. The molecule has 6 heteroatoms. The lowest BCUT2D eigenvalue weighted by Gasteiger charge is -2.13. The normalized spacial score (nSPS) is 11.8. The maximum atomic E-state index is 6.24. The Bertz CT molecular complexity index is 2850. The van der Waals surface area contributed by atoms with E-state index >= 15 is 0 Å². The number of fused-ring (bicyclic) bond motifs is 7. The Morgan fingerprint density at radius 3 is 1.77 bits per heavy atom. The molecule has 0 spiro atoms. The molecule has 0 saturated carbocycles. The number of nitrogens with zero attached hydrogens (tertiary/aromatic N) is 4. The monoisotopic (exact) mass is 616 g/mol. The van der Waals surface area contributed by atoms with E-state index < -0.39 is 0 Å². The van der Waals surface area contributed by atoms with Gasteiger partial charge in [0.2, 0.25) is 0 Å². The number of hydrogen-bond donors (Lipinski definition) is 0. The number of benzene rings is 6. The highest BCUT2D eigenvalue weighted by atomic mass is 16.3. The van der Waals surface area contributed by atoms with E-state index in [1.54, 1.807) is 6.20 Å². The van der Waals surface area contributed by atoms with Gasteiger partial charge in [-0.15, -0.1) is 0 Å². The second-order valence-electron chi connectivity index (χ2n) is 11.8. The van der Waals surface area contributed by atoms with E-state index in [2.05, 4.69) is 65.6 Å². The van der Waals surface area contributed by atoms with Crippen molar-refractivity contribution >= 4 is 54.8 Å². The van der Waals surface area contributed by atoms with Crippen LogP contribution >= 0.6 is 0 Å².